The van der Waals surface area contributed by atoms with Crippen LogP contribution in [0.3, 0.4) is 0 Å². The highest BCUT2D eigenvalue weighted by Crippen LogP contribution is 2.22. The second kappa shape index (κ2) is 12.0. The lowest BCUT2D eigenvalue weighted by molar-refractivity contribution is 0.0608. The highest BCUT2D eigenvalue weighted by atomic mass is 32.2. The van der Waals surface area contributed by atoms with Crippen molar-refractivity contribution in [3.8, 4) is 5.75 Å². The van der Waals surface area contributed by atoms with Gasteiger partial charge in [0.05, 0.1) is 18.9 Å². The van der Waals surface area contributed by atoms with Crippen LogP contribution in [0.25, 0.3) is 0 Å². The van der Waals surface area contributed by atoms with Crippen LogP contribution in [0.1, 0.15) is 40.5 Å². The molecule has 11 heteroatoms. The van der Waals surface area contributed by atoms with Gasteiger partial charge in [0.25, 0.3) is 10.2 Å². The fourth-order valence-corrected chi connectivity index (χ4v) is 5.88. The molecular formula is C23H39N5O5S. The van der Waals surface area contributed by atoms with Gasteiger partial charge in [0, 0.05) is 52.4 Å². The number of piperidine rings is 1. The molecule has 34 heavy (non-hydrogen) atoms. The number of pyridine rings is 1. The van der Waals surface area contributed by atoms with E-state index in [4.69, 9.17) is 9.47 Å². The fourth-order valence-electron chi connectivity index (χ4n) is 4.28. The zero-order valence-corrected chi connectivity index (χ0v) is 21.7. The summed E-state index contributed by atoms with van der Waals surface area (Å²) in [6.45, 7) is 12.5. The number of anilines is 1. The van der Waals surface area contributed by atoms with E-state index >= 15 is 0 Å². The van der Waals surface area contributed by atoms with Crippen LogP contribution in [0.5, 0.6) is 5.75 Å². The first-order valence-electron chi connectivity index (χ1n) is 12.3. The van der Waals surface area contributed by atoms with Crippen molar-refractivity contribution in [3.63, 3.8) is 0 Å². The Morgan fingerprint density at radius 1 is 1.09 bits per heavy atom. The second-order valence-corrected chi connectivity index (χ2v) is 10.9. The van der Waals surface area contributed by atoms with E-state index in [-0.39, 0.29) is 12.2 Å². The lowest BCUT2D eigenvalue weighted by atomic mass is 9.98. The molecule has 0 saturated carbocycles. The molecule has 1 aromatic rings. The highest BCUT2D eigenvalue weighted by Gasteiger charge is 2.31. The van der Waals surface area contributed by atoms with Crippen molar-refractivity contribution in [2.24, 2.45) is 5.92 Å². The molecule has 1 amide bonds. The number of nitrogens with zero attached hydrogens (tertiary/aromatic N) is 5. The van der Waals surface area contributed by atoms with E-state index in [0.717, 1.165) is 18.7 Å². The lowest BCUT2D eigenvalue weighted by Gasteiger charge is -2.36. The molecule has 2 aliphatic rings. The first kappa shape index (κ1) is 26.5. The van der Waals surface area contributed by atoms with Gasteiger partial charge in [0.1, 0.15) is 11.6 Å². The Morgan fingerprint density at radius 3 is 2.26 bits per heavy atom. The van der Waals surface area contributed by atoms with Crippen LogP contribution in [-0.2, 0) is 14.9 Å². The van der Waals surface area contributed by atoms with Gasteiger partial charge < -0.3 is 19.3 Å². The molecule has 0 bridgehead atoms. The van der Waals surface area contributed by atoms with Crippen LogP contribution in [0.4, 0.5) is 10.6 Å². The van der Waals surface area contributed by atoms with Gasteiger partial charge in [0.2, 0.25) is 0 Å². The van der Waals surface area contributed by atoms with Gasteiger partial charge in [-0.25, -0.2) is 9.78 Å². The quantitative estimate of drug-likeness (QED) is 0.517. The van der Waals surface area contributed by atoms with Crippen LogP contribution in [0, 0.1) is 5.92 Å². The summed E-state index contributed by atoms with van der Waals surface area (Å²) >= 11 is 0. The molecule has 0 aromatic carbocycles. The Bertz CT molecular complexity index is 876. The van der Waals surface area contributed by atoms with Gasteiger partial charge in [0.15, 0.2) is 0 Å². The van der Waals surface area contributed by atoms with Crippen LogP contribution < -0.4 is 9.64 Å². The molecule has 0 atom stereocenters. The average Bonchev–Trinajstić information content (AvgIpc) is 2.83. The summed E-state index contributed by atoms with van der Waals surface area (Å²) in [5, 5.41) is 0. The summed E-state index contributed by atoms with van der Waals surface area (Å²) in [6.07, 6.45) is 3.16. The molecule has 3 rings (SSSR count). The Hall–Kier alpha value is -2.11. The summed E-state index contributed by atoms with van der Waals surface area (Å²) in [5.74, 6) is 1.93. The van der Waals surface area contributed by atoms with E-state index in [9.17, 15) is 13.2 Å². The van der Waals surface area contributed by atoms with Crippen LogP contribution >= 0.6 is 0 Å². The van der Waals surface area contributed by atoms with Gasteiger partial charge in [-0.05, 0) is 44.7 Å². The molecule has 2 fully saturated rings. The van der Waals surface area contributed by atoms with Crippen molar-refractivity contribution >= 4 is 22.1 Å². The van der Waals surface area contributed by atoms with Gasteiger partial charge in [-0.1, -0.05) is 13.8 Å². The van der Waals surface area contributed by atoms with Crippen molar-refractivity contribution in [3.05, 3.63) is 18.3 Å². The standard InChI is InChI=1S/C23H39N5O5S/c1-5-27(6-2)34(30,31)28-15-13-25(14-16-28)22-8-7-21(17-24-22)32-18-20-9-11-26(12-10-20)23(29)33-19(3)4/h7-8,17,19-20H,5-6,9-16,18H2,1-4H3. The Labute approximate surface area is 204 Å². The van der Waals surface area contributed by atoms with E-state index in [1.54, 1.807) is 15.4 Å². The van der Waals surface area contributed by atoms with Gasteiger partial charge in [-0.3, -0.25) is 0 Å². The summed E-state index contributed by atoms with van der Waals surface area (Å²) in [5.41, 5.74) is 0. The molecule has 2 aliphatic heterocycles. The maximum atomic E-state index is 12.7. The molecule has 1 aromatic heterocycles. The molecule has 3 heterocycles. The van der Waals surface area contributed by atoms with Crippen molar-refractivity contribution in [1.82, 2.24) is 18.5 Å². The number of hydrogen-bond donors (Lipinski definition) is 0. The van der Waals surface area contributed by atoms with Crippen molar-refractivity contribution in [2.75, 3.05) is 63.9 Å². The minimum atomic E-state index is -3.40. The van der Waals surface area contributed by atoms with Gasteiger partial charge >= 0.3 is 6.09 Å². The van der Waals surface area contributed by atoms with Gasteiger partial charge in [-0.2, -0.15) is 17.0 Å². The van der Waals surface area contributed by atoms with Crippen molar-refractivity contribution < 1.29 is 22.7 Å². The number of rotatable bonds is 9. The van der Waals surface area contributed by atoms with Crippen molar-refractivity contribution in [1.29, 1.82) is 0 Å². The summed E-state index contributed by atoms with van der Waals surface area (Å²) < 4.78 is 39.7. The molecule has 0 N–H and O–H groups in total. The van der Waals surface area contributed by atoms with E-state index in [0.29, 0.717) is 70.6 Å². The van der Waals surface area contributed by atoms with Gasteiger partial charge in [-0.15, -0.1) is 0 Å². The SMILES string of the molecule is CCN(CC)S(=O)(=O)N1CCN(c2ccc(OCC3CCN(C(=O)OC(C)C)CC3)cn2)CC1. The molecule has 0 spiro atoms. The second-order valence-electron chi connectivity index (χ2n) is 9.00. The fraction of sp³-hybridized carbons (Fsp3) is 0.739. The maximum Gasteiger partial charge on any atom is 0.410 e. The molecule has 10 nitrogen and oxygen atoms in total. The first-order chi connectivity index (χ1) is 16.2. The molecule has 192 valence electrons. The third-order valence-electron chi connectivity index (χ3n) is 6.34. The molecule has 0 unspecified atom stereocenters. The molecule has 2 saturated heterocycles. The number of hydrogen-bond acceptors (Lipinski definition) is 7. The zero-order valence-electron chi connectivity index (χ0n) is 20.9. The summed E-state index contributed by atoms with van der Waals surface area (Å²) in [6, 6.07) is 3.84. The minimum absolute atomic E-state index is 0.103. The normalized spacial score (nSPS) is 18.5. The van der Waals surface area contributed by atoms with E-state index in [1.165, 1.54) is 4.31 Å². The largest absolute Gasteiger partial charge is 0.492 e. The summed E-state index contributed by atoms with van der Waals surface area (Å²) in [7, 11) is -3.40. The third-order valence-corrected chi connectivity index (χ3v) is 8.52. The Balaban J connectivity index is 1.43. The third kappa shape index (κ3) is 6.73. The minimum Gasteiger partial charge on any atom is -0.492 e. The smallest absolute Gasteiger partial charge is 0.410 e. The zero-order chi connectivity index (χ0) is 24.7. The molecule has 0 aliphatic carbocycles. The van der Waals surface area contributed by atoms with Crippen molar-refractivity contribution in [2.45, 2.75) is 46.6 Å². The predicted octanol–water partition coefficient (Wildman–Crippen LogP) is 2.43. The Morgan fingerprint density at radius 2 is 1.74 bits per heavy atom. The summed E-state index contributed by atoms with van der Waals surface area (Å²) in [4.78, 5) is 20.4. The average molecular weight is 498 g/mol. The maximum absolute atomic E-state index is 12.7. The molecule has 0 radical (unpaired) electrons. The van der Waals surface area contributed by atoms with E-state index in [1.807, 2.05) is 39.8 Å². The number of ether oxygens (including phenoxy) is 2. The number of amides is 1. The lowest BCUT2D eigenvalue weighted by Crippen LogP contribution is -2.53. The van der Waals surface area contributed by atoms with Crippen LogP contribution in [-0.4, -0.2) is 98.1 Å². The number of piperazine rings is 1. The van der Waals surface area contributed by atoms with E-state index < -0.39 is 10.2 Å². The molecular weight excluding hydrogens is 458 g/mol. The Kier molecular flexibility index (Phi) is 9.38. The number of carbonyl (C=O) groups is 1. The monoisotopic (exact) mass is 497 g/mol. The van der Waals surface area contributed by atoms with Crippen LogP contribution in [0.15, 0.2) is 18.3 Å². The first-order valence-corrected chi connectivity index (χ1v) is 13.7. The van der Waals surface area contributed by atoms with E-state index in [2.05, 4.69) is 9.88 Å². The predicted molar refractivity (Wildman–Crippen MR) is 131 cm³/mol. The number of carbonyl (C=O) groups excluding carboxylic acids is 1. The van der Waals surface area contributed by atoms with Crippen LogP contribution in [0.2, 0.25) is 0 Å². The highest BCUT2D eigenvalue weighted by molar-refractivity contribution is 7.86. The number of aromatic nitrogens is 1. The topological polar surface area (TPSA) is 95.5 Å². The number of likely N-dealkylation sites (tertiary alicyclic amines) is 1.